The van der Waals surface area contributed by atoms with Crippen LogP contribution in [0.1, 0.15) is 24.8 Å². The number of carbonyl (C=O) groups is 1. The number of carboxylic acid groups (broad SMARTS) is 1. The number of unbranched alkanes of at least 4 members (excludes halogenated alkanes) is 1. The van der Waals surface area contributed by atoms with E-state index in [4.69, 9.17) is 9.84 Å². The molecule has 0 aliphatic carbocycles. The minimum absolute atomic E-state index is 0.232. The summed E-state index contributed by atoms with van der Waals surface area (Å²) in [6.45, 7) is 0. The molecule has 2 rings (SSSR count). The fraction of sp³-hybridized carbons (Fsp3) is 0.312. The maximum atomic E-state index is 10.5. The second-order valence-corrected chi connectivity index (χ2v) is 4.58. The van der Waals surface area contributed by atoms with Crippen LogP contribution >= 0.6 is 0 Å². The number of hydrogen-bond donors (Lipinski definition) is 1. The van der Waals surface area contributed by atoms with Gasteiger partial charge in [0, 0.05) is 11.8 Å². The van der Waals surface area contributed by atoms with Crippen molar-refractivity contribution in [2.45, 2.75) is 25.7 Å². The Labute approximate surface area is 112 Å². The van der Waals surface area contributed by atoms with Crippen LogP contribution in [-0.4, -0.2) is 18.2 Å². The Morgan fingerprint density at radius 3 is 2.68 bits per heavy atom. The molecule has 0 heterocycles. The summed E-state index contributed by atoms with van der Waals surface area (Å²) in [6, 6.07) is 12.3. The summed E-state index contributed by atoms with van der Waals surface area (Å²) < 4.78 is 5.52. The zero-order valence-corrected chi connectivity index (χ0v) is 11.1. The summed E-state index contributed by atoms with van der Waals surface area (Å²) >= 11 is 0. The first kappa shape index (κ1) is 13.4. The molecule has 0 unspecified atom stereocenters. The number of fused-ring (bicyclic) bond motifs is 1. The Kier molecular flexibility index (Phi) is 4.39. The van der Waals surface area contributed by atoms with E-state index in [2.05, 4.69) is 24.3 Å². The quantitative estimate of drug-likeness (QED) is 0.804. The van der Waals surface area contributed by atoms with Crippen LogP contribution < -0.4 is 4.74 Å². The van der Waals surface area contributed by atoms with Crippen molar-refractivity contribution in [3.8, 4) is 5.75 Å². The lowest BCUT2D eigenvalue weighted by Crippen LogP contribution is -1.97. The van der Waals surface area contributed by atoms with Crippen LogP contribution in [0.2, 0.25) is 0 Å². The van der Waals surface area contributed by atoms with Gasteiger partial charge in [0.25, 0.3) is 0 Å². The van der Waals surface area contributed by atoms with Gasteiger partial charge < -0.3 is 9.84 Å². The van der Waals surface area contributed by atoms with Gasteiger partial charge in [0.15, 0.2) is 0 Å². The van der Waals surface area contributed by atoms with E-state index in [0.29, 0.717) is 6.42 Å². The molecule has 0 saturated heterocycles. The Morgan fingerprint density at radius 1 is 1.16 bits per heavy atom. The summed E-state index contributed by atoms with van der Waals surface area (Å²) in [5.41, 5.74) is 1.14. The third kappa shape index (κ3) is 3.25. The molecule has 2 aromatic rings. The number of aryl methyl sites for hydroxylation is 1. The van der Waals surface area contributed by atoms with Gasteiger partial charge in [-0.05, 0) is 30.2 Å². The second-order valence-electron chi connectivity index (χ2n) is 4.58. The van der Waals surface area contributed by atoms with Crippen LogP contribution in [0.25, 0.3) is 10.8 Å². The third-order valence-electron chi connectivity index (χ3n) is 3.25. The van der Waals surface area contributed by atoms with Gasteiger partial charge >= 0.3 is 5.97 Å². The zero-order valence-electron chi connectivity index (χ0n) is 11.1. The minimum atomic E-state index is -0.731. The highest BCUT2D eigenvalue weighted by atomic mass is 16.5. The van der Waals surface area contributed by atoms with Gasteiger partial charge in [-0.15, -0.1) is 0 Å². The molecule has 0 bridgehead atoms. The van der Waals surface area contributed by atoms with E-state index in [1.165, 1.54) is 0 Å². The predicted octanol–water partition coefficient (Wildman–Crippen LogP) is 3.65. The van der Waals surface area contributed by atoms with Crippen LogP contribution in [0.15, 0.2) is 36.4 Å². The fourth-order valence-corrected chi connectivity index (χ4v) is 2.32. The first-order valence-electron chi connectivity index (χ1n) is 6.49. The Morgan fingerprint density at radius 2 is 1.95 bits per heavy atom. The summed E-state index contributed by atoms with van der Waals surface area (Å²) in [4.78, 5) is 10.5. The van der Waals surface area contributed by atoms with Crippen LogP contribution in [-0.2, 0) is 11.2 Å². The Balaban J connectivity index is 2.16. The number of aliphatic carboxylic acids is 1. The molecule has 100 valence electrons. The molecule has 1 N–H and O–H groups in total. The molecule has 0 radical (unpaired) electrons. The SMILES string of the molecule is COc1c(CCCCC(=O)O)ccc2ccccc12. The summed E-state index contributed by atoms with van der Waals surface area (Å²) in [5, 5.41) is 10.9. The van der Waals surface area contributed by atoms with Crippen LogP contribution in [0, 0.1) is 0 Å². The monoisotopic (exact) mass is 258 g/mol. The van der Waals surface area contributed by atoms with Crippen molar-refractivity contribution in [2.24, 2.45) is 0 Å². The molecule has 0 aliphatic rings. The van der Waals surface area contributed by atoms with Crippen LogP contribution in [0.5, 0.6) is 5.75 Å². The van der Waals surface area contributed by atoms with E-state index < -0.39 is 5.97 Å². The molecule has 2 aromatic carbocycles. The van der Waals surface area contributed by atoms with Crippen molar-refractivity contribution in [1.82, 2.24) is 0 Å². The number of benzene rings is 2. The summed E-state index contributed by atoms with van der Waals surface area (Å²) in [6.07, 6.45) is 2.64. The number of carboxylic acids is 1. The maximum Gasteiger partial charge on any atom is 0.303 e. The third-order valence-corrected chi connectivity index (χ3v) is 3.25. The number of ether oxygens (including phenoxy) is 1. The molecule has 0 aliphatic heterocycles. The van der Waals surface area contributed by atoms with E-state index in [-0.39, 0.29) is 6.42 Å². The molecule has 3 nitrogen and oxygen atoms in total. The van der Waals surface area contributed by atoms with Gasteiger partial charge in [-0.1, -0.05) is 36.4 Å². The molecule has 19 heavy (non-hydrogen) atoms. The molecule has 0 aromatic heterocycles. The second kappa shape index (κ2) is 6.23. The highest BCUT2D eigenvalue weighted by molar-refractivity contribution is 5.89. The van der Waals surface area contributed by atoms with Gasteiger partial charge in [-0.3, -0.25) is 4.79 Å². The highest BCUT2D eigenvalue weighted by Gasteiger charge is 2.08. The molecular formula is C16H18O3. The number of methoxy groups -OCH3 is 1. The average molecular weight is 258 g/mol. The van der Waals surface area contributed by atoms with E-state index >= 15 is 0 Å². The molecule has 0 fully saturated rings. The van der Waals surface area contributed by atoms with E-state index in [1.54, 1.807) is 7.11 Å². The van der Waals surface area contributed by atoms with Gasteiger partial charge in [0.1, 0.15) is 5.75 Å². The van der Waals surface area contributed by atoms with Gasteiger partial charge in [-0.2, -0.15) is 0 Å². The first-order chi connectivity index (χ1) is 9.22. The summed E-state index contributed by atoms with van der Waals surface area (Å²) in [5.74, 6) is 0.180. The largest absolute Gasteiger partial charge is 0.496 e. The van der Waals surface area contributed by atoms with Crippen molar-refractivity contribution < 1.29 is 14.6 Å². The Bertz CT molecular complexity index is 575. The van der Waals surface area contributed by atoms with Crippen LogP contribution in [0.3, 0.4) is 0 Å². The number of hydrogen-bond acceptors (Lipinski definition) is 2. The zero-order chi connectivity index (χ0) is 13.7. The molecular weight excluding hydrogens is 240 g/mol. The van der Waals surface area contributed by atoms with Crippen molar-refractivity contribution in [2.75, 3.05) is 7.11 Å². The molecule has 0 atom stereocenters. The van der Waals surface area contributed by atoms with Gasteiger partial charge in [0.2, 0.25) is 0 Å². The lowest BCUT2D eigenvalue weighted by Gasteiger charge is -2.11. The van der Waals surface area contributed by atoms with Crippen LogP contribution in [0.4, 0.5) is 0 Å². The fourth-order valence-electron chi connectivity index (χ4n) is 2.32. The molecule has 0 saturated carbocycles. The van der Waals surface area contributed by atoms with Gasteiger partial charge in [0.05, 0.1) is 7.11 Å². The topological polar surface area (TPSA) is 46.5 Å². The normalized spacial score (nSPS) is 10.6. The van der Waals surface area contributed by atoms with E-state index in [1.807, 2.05) is 12.1 Å². The minimum Gasteiger partial charge on any atom is -0.496 e. The lowest BCUT2D eigenvalue weighted by atomic mass is 10.0. The maximum absolute atomic E-state index is 10.5. The standard InChI is InChI=1S/C16H18O3/c1-19-16-13(7-3-5-9-15(17)18)11-10-12-6-2-4-8-14(12)16/h2,4,6,8,10-11H,3,5,7,9H2,1H3,(H,17,18). The van der Waals surface area contributed by atoms with E-state index in [0.717, 1.165) is 34.9 Å². The van der Waals surface area contributed by atoms with Gasteiger partial charge in [-0.25, -0.2) is 0 Å². The van der Waals surface area contributed by atoms with Crippen molar-refractivity contribution in [3.63, 3.8) is 0 Å². The van der Waals surface area contributed by atoms with E-state index in [9.17, 15) is 4.79 Å². The summed E-state index contributed by atoms with van der Waals surface area (Å²) in [7, 11) is 1.68. The molecule has 0 amide bonds. The highest BCUT2D eigenvalue weighted by Crippen LogP contribution is 2.30. The van der Waals surface area contributed by atoms with Crippen molar-refractivity contribution in [3.05, 3.63) is 42.0 Å². The molecule has 3 heteroatoms. The number of rotatable bonds is 6. The predicted molar refractivity (Wildman–Crippen MR) is 75.7 cm³/mol. The first-order valence-corrected chi connectivity index (χ1v) is 6.49. The smallest absolute Gasteiger partial charge is 0.303 e. The Hall–Kier alpha value is -2.03. The average Bonchev–Trinajstić information content (AvgIpc) is 2.42. The van der Waals surface area contributed by atoms with Crippen molar-refractivity contribution >= 4 is 16.7 Å². The molecule has 0 spiro atoms. The van der Waals surface area contributed by atoms with Crippen molar-refractivity contribution in [1.29, 1.82) is 0 Å². The lowest BCUT2D eigenvalue weighted by molar-refractivity contribution is -0.137.